The number of rotatable bonds is 8. The summed E-state index contributed by atoms with van der Waals surface area (Å²) in [6.45, 7) is 12.0. The molecule has 108 valence electrons. The standard InChI is InChI=1S/C15H32N2O/c1-5-6-9-17(4)12-15(11-16-14(2)3)8-7-10-18-13-15/h14,16H,5-13H2,1-4H3. The van der Waals surface area contributed by atoms with Crippen molar-refractivity contribution in [1.82, 2.24) is 10.2 Å². The van der Waals surface area contributed by atoms with Crippen molar-refractivity contribution >= 4 is 0 Å². The summed E-state index contributed by atoms with van der Waals surface area (Å²) in [7, 11) is 2.25. The summed E-state index contributed by atoms with van der Waals surface area (Å²) in [5, 5.41) is 3.61. The number of unbranched alkanes of at least 4 members (excludes halogenated alkanes) is 1. The Kier molecular flexibility index (Phi) is 7.20. The number of hydrogen-bond acceptors (Lipinski definition) is 3. The van der Waals surface area contributed by atoms with Crippen LogP contribution in [0.15, 0.2) is 0 Å². The summed E-state index contributed by atoms with van der Waals surface area (Å²) in [6.07, 6.45) is 5.08. The molecule has 0 radical (unpaired) electrons. The van der Waals surface area contributed by atoms with Gasteiger partial charge in [0.2, 0.25) is 0 Å². The molecule has 3 heteroatoms. The predicted octanol–water partition coefficient (Wildman–Crippen LogP) is 2.51. The molecular weight excluding hydrogens is 224 g/mol. The van der Waals surface area contributed by atoms with Gasteiger partial charge in [0.05, 0.1) is 6.61 Å². The van der Waals surface area contributed by atoms with Gasteiger partial charge in [-0.3, -0.25) is 0 Å². The number of ether oxygens (including phenoxy) is 1. The molecule has 3 nitrogen and oxygen atoms in total. The lowest BCUT2D eigenvalue weighted by Crippen LogP contribution is -2.49. The molecule has 0 saturated carbocycles. The lowest BCUT2D eigenvalue weighted by atomic mass is 9.81. The fraction of sp³-hybridized carbons (Fsp3) is 1.00. The molecule has 18 heavy (non-hydrogen) atoms. The molecule has 0 spiro atoms. The maximum atomic E-state index is 5.76. The monoisotopic (exact) mass is 256 g/mol. The van der Waals surface area contributed by atoms with Gasteiger partial charge in [-0.1, -0.05) is 27.2 Å². The van der Waals surface area contributed by atoms with Crippen molar-refractivity contribution < 1.29 is 4.74 Å². The molecule has 1 saturated heterocycles. The first-order valence-corrected chi connectivity index (χ1v) is 7.58. The van der Waals surface area contributed by atoms with Gasteiger partial charge in [0, 0.05) is 31.2 Å². The highest BCUT2D eigenvalue weighted by Gasteiger charge is 2.33. The van der Waals surface area contributed by atoms with Crippen LogP contribution in [0.5, 0.6) is 0 Å². The van der Waals surface area contributed by atoms with Crippen LogP contribution in [0.3, 0.4) is 0 Å². The summed E-state index contributed by atoms with van der Waals surface area (Å²) < 4.78 is 5.76. The van der Waals surface area contributed by atoms with E-state index in [2.05, 4.69) is 38.0 Å². The normalized spacial score (nSPS) is 25.0. The van der Waals surface area contributed by atoms with E-state index in [-0.39, 0.29) is 0 Å². The first-order valence-electron chi connectivity index (χ1n) is 7.58. The van der Waals surface area contributed by atoms with Crippen LogP contribution < -0.4 is 5.32 Å². The van der Waals surface area contributed by atoms with Crippen LogP contribution in [-0.2, 0) is 4.74 Å². The molecule has 1 rings (SSSR count). The lowest BCUT2D eigenvalue weighted by Gasteiger charge is -2.40. The average Bonchev–Trinajstić information content (AvgIpc) is 2.35. The maximum Gasteiger partial charge on any atom is 0.0546 e. The Morgan fingerprint density at radius 2 is 2.17 bits per heavy atom. The minimum Gasteiger partial charge on any atom is -0.381 e. The highest BCUT2D eigenvalue weighted by atomic mass is 16.5. The van der Waals surface area contributed by atoms with Crippen LogP contribution >= 0.6 is 0 Å². The van der Waals surface area contributed by atoms with Gasteiger partial charge < -0.3 is 15.0 Å². The van der Waals surface area contributed by atoms with Gasteiger partial charge >= 0.3 is 0 Å². The third kappa shape index (κ3) is 5.68. The fourth-order valence-corrected chi connectivity index (χ4v) is 2.73. The van der Waals surface area contributed by atoms with Gasteiger partial charge in [-0.15, -0.1) is 0 Å². The van der Waals surface area contributed by atoms with Crippen molar-refractivity contribution in [3.05, 3.63) is 0 Å². The summed E-state index contributed by atoms with van der Waals surface area (Å²) in [6, 6.07) is 0.560. The Morgan fingerprint density at radius 1 is 1.39 bits per heavy atom. The second-order valence-corrected chi connectivity index (χ2v) is 6.28. The largest absolute Gasteiger partial charge is 0.381 e. The summed E-state index contributed by atoms with van der Waals surface area (Å²) >= 11 is 0. The summed E-state index contributed by atoms with van der Waals surface area (Å²) in [4.78, 5) is 2.49. The van der Waals surface area contributed by atoms with Gasteiger partial charge in [0.15, 0.2) is 0 Å². The highest BCUT2D eigenvalue weighted by Crippen LogP contribution is 2.29. The zero-order chi connectivity index (χ0) is 13.4. The molecule has 0 amide bonds. The molecule has 1 atom stereocenters. The van der Waals surface area contributed by atoms with Crippen LogP contribution in [0, 0.1) is 5.41 Å². The van der Waals surface area contributed by atoms with E-state index in [1.807, 2.05) is 0 Å². The first-order chi connectivity index (χ1) is 8.58. The number of nitrogens with zero attached hydrogens (tertiary/aromatic N) is 1. The molecule has 1 N–H and O–H groups in total. The van der Waals surface area contributed by atoms with Crippen molar-refractivity contribution in [2.24, 2.45) is 5.41 Å². The van der Waals surface area contributed by atoms with Gasteiger partial charge in [-0.25, -0.2) is 0 Å². The molecule has 1 aliphatic heterocycles. The van der Waals surface area contributed by atoms with Gasteiger partial charge in [0.25, 0.3) is 0 Å². The first kappa shape index (κ1) is 15.9. The van der Waals surface area contributed by atoms with E-state index in [0.717, 1.165) is 26.3 Å². The fourth-order valence-electron chi connectivity index (χ4n) is 2.73. The molecule has 0 aromatic heterocycles. The Bertz CT molecular complexity index is 213. The number of hydrogen-bond donors (Lipinski definition) is 1. The third-order valence-electron chi connectivity index (χ3n) is 3.79. The Labute approximate surface area is 113 Å². The Hall–Kier alpha value is -0.120. The Balaban J connectivity index is 2.48. The van der Waals surface area contributed by atoms with Gasteiger partial charge in [0.1, 0.15) is 0 Å². The van der Waals surface area contributed by atoms with Crippen LogP contribution in [0.4, 0.5) is 0 Å². The summed E-state index contributed by atoms with van der Waals surface area (Å²) in [5.41, 5.74) is 0.324. The molecule has 0 aromatic rings. The molecule has 1 fully saturated rings. The van der Waals surface area contributed by atoms with Crippen LogP contribution in [0.1, 0.15) is 46.5 Å². The molecule has 0 bridgehead atoms. The molecular formula is C15H32N2O. The third-order valence-corrected chi connectivity index (χ3v) is 3.79. The van der Waals surface area contributed by atoms with Gasteiger partial charge in [-0.05, 0) is 32.9 Å². The second-order valence-electron chi connectivity index (χ2n) is 6.28. The minimum absolute atomic E-state index is 0.324. The van der Waals surface area contributed by atoms with E-state index < -0.39 is 0 Å². The summed E-state index contributed by atoms with van der Waals surface area (Å²) in [5.74, 6) is 0. The predicted molar refractivity (Wildman–Crippen MR) is 78.0 cm³/mol. The lowest BCUT2D eigenvalue weighted by molar-refractivity contribution is -0.0236. The molecule has 1 heterocycles. The topological polar surface area (TPSA) is 24.5 Å². The Morgan fingerprint density at radius 3 is 2.72 bits per heavy atom. The minimum atomic E-state index is 0.324. The maximum absolute atomic E-state index is 5.76. The van der Waals surface area contributed by atoms with Crippen LogP contribution in [0.2, 0.25) is 0 Å². The van der Waals surface area contributed by atoms with Crippen LogP contribution in [0.25, 0.3) is 0 Å². The SMILES string of the molecule is CCCCN(C)CC1(CNC(C)C)CCCOC1. The van der Waals surface area contributed by atoms with Crippen molar-refractivity contribution in [2.75, 3.05) is 39.9 Å². The van der Waals surface area contributed by atoms with Crippen molar-refractivity contribution in [3.63, 3.8) is 0 Å². The molecule has 0 aromatic carbocycles. The van der Waals surface area contributed by atoms with E-state index in [4.69, 9.17) is 4.74 Å². The average molecular weight is 256 g/mol. The zero-order valence-corrected chi connectivity index (χ0v) is 12.8. The van der Waals surface area contributed by atoms with Crippen LogP contribution in [-0.4, -0.2) is 50.8 Å². The van der Waals surface area contributed by atoms with Crippen molar-refractivity contribution in [1.29, 1.82) is 0 Å². The van der Waals surface area contributed by atoms with Gasteiger partial charge in [-0.2, -0.15) is 0 Å². The van der Waals surface area contributed by atoms with Crippen molar-refractivity contribution in [3.8, 4) is 0 Å². The molecule has 1 aliphatic rings. The van der Waals surface area contributed by atoms with E-state index in [1.54, 1.807) is 0 Å². The van der Waals surface area contributed by atoms with E-state index in [1.165, 1.54) is 32.2 Å². The van der Waals surface area contributed by atoms with E-state index in [0.29, 0.717) is 11.5 Å². The second kappa shape index (κ2) is 8.13. The quantitative estimate of drug-likeness (QED) is 0.722. The highest BCUT2D eigenvalue weighted by molar-refractivity contribution is 4.87. The number of nitrogens with one attached hydrogen (secondary N) is 1. The van der Waals surface area contributed by atoms with Crippen molar-refractivity contribution in [2.45, 2.75) is 52.5 Å². The van der Waals surface area contributed by atoms with E-state index in [9.17, 15) is 0 Å². The molecule has 0 aliphatic carbocycles. The zero-order valence-electron chi connectivity index (χ0n) is 12.8. The van der Waals surface area contributed by atoms with E-state index >= 15 is 0 Å². The molecule has 1 unspecified atom stereocenters. The smallest absolute Gasteiger partial charge is 0.0546 e.